The molecule has 0 spiro atoms. The van der Waals surface area contributed by atoms with E-state index >= 15 is 0 Å². The number of carbonyl (C=O) groups excluding carboxylic acids is 1. The Kier molecular flexibility index (Phi) is 1.18. The third kappa shape index (κ3) is 0.714. The normalized spacial score (nSPS) is 15.4. The Labute approximate surface area is 60.5 Å². The second-order valence-corrected chi connectivity index (χ2v) is 3.14. The number of ketones is 1. The minimum Gasteiger partial charge on any atom is -0.289 e. The number of fused-ring (bicyclic) bond motifs is 1. The van der Waals surface area contributed by atoms with Crippen molar-refractivity contribution in [2.24, 2.45) is 0 Å². The van der Waals surface area contributed by atoms with Crippen molar-refractivity contribution in [3.8, 4) is 0 Å². The highest BCUT2D eigenvalue weighted by Gasteiger charge is 2.11. The lowest BCUT2D eigenvalue weighted by Gasteiger charge is -1.91. The van der Waals surface area contributed by atoms with Gasteiger partial charge in [0.15, 0.2) is 5.78 Å². The summed E-state index contributed by atoms with van der Waals surface area (Å²) in [7, 11) is 1.04. The molecule has 0 saturated heterocycles. The molecule has 10 heavy (non-hydrogen) atoms. The van der Waals surface area contributed by atoms with Gasteiger partial charge in [-0.05, 0) is 6.07 Å². The maximum atomic E-state index is 11.0. The number of benzene rings is 1. The summed E-state index contributed by atoms with van der Waals surface area (Å²) in [4.78, 5) is 11.0. The molecule has 1 aliphatic rings. The van der Waals surface area contributed by atoms with Crippen LogP contribution in [0.1, 0.15) is 10.4 Å². The highest BCUT2D eigenvalue weighted by Crippen LogP contribution is 2.11. The SMILES string of the molecule is O=C1C=Pc2ccccc21. The zero-order valence-corrected chi connectivity index (χ0v) is 6.14. The number of hydrogen-bond donors (Lipinski definition) is 0. The van der Waals surface area contributed by atoms with E-state index < -0.39 is 0 Å². The first-order chi connectivity index (χ1) is 4.88. The van der Waals surface area contributed by atoms with Gasteiger partial charge in [-0.25, -0.2) is 0 Å². The second-order valence-electron chi connectivity index (χ2n) is 2.14. The first kappa shape index (κ1) is 5.82. The fraction of sp³-hybridized carbons (Fsp3) is 0. The molecule has 2 heteroatoms. The maximum Gasteiger partial charge on any atom is 0.191 e. The van der Waals surface area contributed by atoms with Crippen LogP contribution in [0.25, 0.3) is 0 Å². The molecule has 0 aliphatic carbocycles. The Bertz CT molecular complexity index is 315. The van der Waals surface area contributed by atoms with Gasteiger partial charge in [-0.2, -0.15) is 0 Å². The Morgan fingerprint density at radius 1 is 1.20 bits per heavy atom. The first-order valence-electron chi connectivity index (χ1n) is 3.05. The van der Waals surface area contributed by atoms with Gasteiger partial charge >= 0.3 is 0 Å². The highest BCUT2D eigenvalue weighted by atomic mass is 31.1. The van der Waals surface area contributed by atoms with Gasteiger partial charge in [0.05, 0.1) is 0 Å². The van der Waals surface area contributed by atoms with Crippen LogP contribution in [0, 0.1) is 0 Å². The Morgan fingerprint density at radius 3 is 2.80 bits per heavy atom. The molecule has 0 N–H and O–H groups in total. The van der Waals surface area contributed by atoms with Gasteiger partial charge in [0.1, 0.15) is 0 Å². The summed E-state index contributed by atoms with van der Waals surface area (Å²) >= 11 is 0. The van der Waals surface area contributed by atoms with Crippen LogP contribution in [0.15, 0.2) is 24.3 Å². The summed E-state index contributed by atoms with van der Waals surface area (Å²) in [5.41, 5.74) is 0.865. The monoisotopic (exact) mass is 148 g/mol. The lowest BCUT2D eigenvalue weighted by molar-refractivity contribution is 0.107. The van der Waals surface area contributed by atoms with E-state index in [4.69, 9.17) is 0 Å². The zero-order chi connectivity index (χ0) is 6.97. The van der Waals surface area contributed by atoms with Gasteiger partial charge in [-0.15, -0.1) is 0 Å². The molecule has 0 fully saturated rings. The van der Waals surface area contributed by atoms with Crippen LogP contribution < -0.4 is 5.30 Å². The van der Waals surface area contributed by atoms with E-state index in [1.165, 1.54) is 0 Å². The van der Waals surface area contributed by atoms with Gasteiger partial charge in [-0.1, -0.05) is 26.4 Å². The fourth-order valence-electron chi connectivity index (χ4n) is 0.992. The molecule has 0 atom stereocenters. The Hall–Kier alpha value is -0.940. The maximum absolute atomic E-state index is 11.0. The molecule has 2 rings (SSSR count). The summed E-state index contributed by atoms with van der Waals surface area (Å²) in [6, 6.07) is 7.70. The van der Waals surface area contributed by atoms with Gasteiger partial charge in [0, 0.05) is 16.7 Å². The third-order valence-corrected chi connectivity index (χ3v) is 2.52. The van der Waals surface area contributed by atoms with Gasteiger partial charge in [-0.3, -0.25) is 4.79 Å². The van der Waals surface area contributed by atoms with Gasteiger partial charge in [0.25, 0.3) is 0 Å². The molecule has 1 aromatic rings. The predicted molar refractivity (Wildman–Crippen MR) is 43.4 cm³/mol. The largest absolute Gasteiger partial charge is 0.289 e. The van der Waals surface area contributed by atoms with Crippen molar-refractivity contribution < 1.29 is 4.79 Å². The zero-order valence-electron chi connectivity index (χ0n) is 5.24. The number of rotatable bonds is 0. The molecule has 0 amide bonds. The lowest BCUT2D eigenvalue weighted by atomic mass is 10.2. The molecular formula is C8H5OP. The van der Waals surface area contributed by atoms with Crippen LogP contribution in [-0.4, -0.2) is 11.6 Å². The predicted octanol–water partition coefficient (Wildman–Crippen LogP) is 1.26. The second kappa shape index (κ2) is 2.03. The lowest BCUT2D eigenvalue weighted by Crippen LogP contribution is -2.02. The van der Waals surface area contributed by atoms with Crippen LogP contribution >= 0.6 is 8.20 Å². The van der Waals surface area contributed by atoms with Crippen molar-refractivity contribution in [3.05, 3.63) is 29.8 Å². The Morgan fingerprint density at radius 2 is 2.00 bits per heavy atom. The molecule has 1 nitrogen and oxygen atoms in total. The topological polar surface area (TPSA) is 17.1 Å². The minimum atomic E-state index is 0.164. The van der Waals surface area contributed by atoms with Gasteiger partial charge < -0.3 is 0 Å². The quantitative estimate of drug-likeness (QED) is 0.506. The minimum absolute atomic E-state index is 0.164. The average molecular weight is 148 g/mol. The van der Waals surface area contributed by atoms with E-state index in [1.807, 2.05) is 24.3 Å². The van der Waals surface area contributed by atoms with Crippen LogP contribution in [0.4, 0.5) is 0 Å². The van der Waals surface area contributed by atoms with Crippen molar-refractivity contribution in [1.82, 2.24) is 0 Å². The van der Waals surface area contributed by atoms with Crippen molar-refractivity contribution in [2.45, 2.75) is 0 Å². The van der Waals surface area contributed by atoms with Crippen LogP contribution in [0.2, 0.25) is 0 Å². The van der Waals surface area contributed by atoms with Crippen LogP contribution in [0.5, 0.6) is 0 Å². The smallest absolute Gasteiger partial charge is 0.191 e. The van der Waals surface area contributed by atoms with Crippen molar-refractivity contribution in [2.75, 3.05) is 0 Å². The number of carbonyl (C=O) groups is 1. The number of hydrogen-bond acceptors (Lipinski definition) is 1. The summed E-state index contributed by atoms with van der Waals surface area (Å²) in [5.74, 6) is 1.86. The van der Waals surface area contributed by atoms with Crippen LogP contribution in [-0.2, 0) is 0 Å². The average Bonchev–Trinajstić information content (AvgIpc) is 2.34. The van der Waals surface area contributed by atoms with E-state index in [0.29, 0.717) is 0 Å². The Balaban J connectivity index is 2.70. The van der Waals surface area contributed by atoms with Crippen molar-refractivity contribution in [3.63, 3.8) is 0 Å². The third-order valence-electron chi connectivity index (χ3n) is 1.49. The molecule has 0 unspecified atom stereocenters. The highest BCUT2D eigenvalue weighted by molar-refractivity contribution is 7.51. The molecule has 1 aromatic carbocycles. The molecule has 0 radical (unpaired) electrons. The summed E-state index contributed by atoms with van der Waals surface area (Å²) in [6.07, 6.45) is 0. The first-order valence-corrected chi connectivity index (χ1v) is 4.02. The summed E-state index contributed by atoms with van der Waals surface area (Å²) < 4.78 is 0. The molecule has 1 aliphatic heterocycles. The van der Waals surface area contributed by atoms with E-state index in [1.54, 1.807) is 5.80 Å². The van der Waals surface area contributed by atoms with Crippen molar-refractivity contribution in [1.29, 1.82) is 0 Å². The molecular weight excluding hydrogens is 143 g/mol. The van der Waals surface area contributed by atoms with E-state index in [-0.39, 0.29) is 5.78 Å². The van der Waals surface area contributed by atoms with E-state index in [0.717, 1.165) is 19.1 Å². The summed E-state index contributed by atoms with van der Waals surface area (Å²) in [5, 5.41) is 1.13. The van der Waals surface area contributed by atoms with Crippen LogP contribution in [0.3, 0.4) is 0 Å². The molecule has 0 aromatic heterocycles. The number of Topliss-reactive ketones (excluding diaryl/α,β-unsaturated/α-hetero) is 1. The van der Waals surface area contributed by atoms with Crippen molar-refractivity contribution >= 4 is 25.1 Å². The molecule has 1 heterocycles. The molecule has 48 valence electrons. The molecule has 0 bridgehead atoms. The van der Waals surface area contributed by atoms with E-state index in [2.05, 4.69) is 0 Å². The summed E-state index contributed by atoms with van der Waals surface area (Å²) in [6.45, 7) is 0. The van der Waals surface area contributed by atoms with E-state index in [9.17, 15) is 4.79 Å². The standard InChI is InChI=1S/C8H5OP/c9-7-5-10-8-4-2-1-3-6(7)8/h1-5H. The molecule has 0 saturated carbocycles. The fourth-order valence-corrected chi connectivity index (χ4v) is 1.88. The van der Waals surface area contributed by atoms with Gasteiger partial charge in [0.2, 0.25) is 0 Å².